The molecule has 0 bridgehead atoms. The Hall–Kier alpha value is -1.22. The summed E-state index contributed by atoms with van der Waals surface area (Å²) in [5.74, 6) is -1.01. The van der Waals surface area contributed by atoms with Crippen molar-refractivity contribution in [1.29, 1.82) is 0 Å². The molecule has 0 unspecified atom stereocenters. The van der Waals surface area contributed by atoms with E-state index in [1.54, 1.807) is 0 Å². The van der Waals surface area contributed by atoms with Gasteiger partial charge in [-0.25, -0.2) is 8.78 Å². The van der Waals surface area contributed by atoms with Crippen LogP contribution in [-0.2, 0) is 6.42 Å². The van der Waals surface area contributed by atoms with Crippen molar-refractivity contribution in [2.75, 3.05) is 13.1 Å². The summed E-state index contributed by atoms with van der Waals surface area (Å²) in [7, 11) is 0. The highest BCUT2D eigenvalue weighted by Crippen LogP contribution is 2.26. The molecule has 0 amide bonds. The third-order valence-electron chi connectivity index (χ3n) is 2.88. The van der Waals surface area contributed by atoms with Gasteiger partial charge in [-0.05, 0) is 35.1 Å². The second-order valence-corrected chi connectivity index (χ2v) is 5.35. The van der Waals surface area contributed by atoms with E-state index in [9.17, 15) is 8.78 Å². The van der Waals surface area contributed by atoms with Gasteiger partial charge in [0.05, 0.1) is 0 Å². The summed E-state index contributed by atoms with van der Waals surface area (Å²) in [4.78, 5) is 0. The lowest BCUT2D eigenvalue weighted by Gasteiger charge is -2.27. The zero-order chi connectivity index (χ0) is 12.5. The van der Waals surface area contributed by atoms with Gasteiger partial charge < -0.3 is 5.32 Å². The molecule has 0 aromatic heterocycles. The van der Waals surface area contributed by atoms with Gasteiger partial charge in [0.25, 0.3) is 0 Å². The smallest absolute Gasteiger partial charge is 0.126 e. The maximum absolute atomic E-state index is 13.1. The molecule has 92 valence electrons. The van der Waals surface area contributed by atoms with Gasteiger partial charge in [0.2, 0.25) is 0 Å². The van der Waals surface area contributed by atoms with Crippen LogP contribution in [0.3, 0.4) is 0 Å². The van der Waals surface area contributed by atoms with Crippen LogP contribution < -0.4 is 5.32 Å². The van der Waals surface area contributed by atoms with Crippen LogP contribution in [0.2, 0.25) is 0 Å². The van der Waals surface area contributed by atoms with E-state index in [-0.39, 0.29) is 5.41 Å². The highest BCUT2D eigenvalue weighted by atomic mass is 19.1. The summed E-state index contributed by atoms with van der Waals surface area (Å²) >= 11 is 0. The summed E-state index contributed by atoms with van der Waals surface area (Å²) in [6.45, 7) is 6.03. The third kappa shape index (κ3) is 3.37. The van der Waals surface area contributed by atoms with Crippen LogP contribution in [0, 0.1) is 17.0 Å². The molecule has 3 heteroatoms. The minimum absolute atomic E-state index is 0.0718. The standard InChI is InChI=1S/C14H17F2N/c1-14(2,7-11-8-17-9-11)6-10-3-12(15)5-13(16)4-10/h3-5,7,17H,6,8-9H2,1-2H3. The van der Waals surface area contributed by atoms with Crippen molar-refractivity contribution in [1.82, 2.24) is 5.32 Å². The largest absolute Gasteiger partial charge is 0.309 e. The van der Waals surface area contributed by atoms with Crippen molar-refractivity contribution in [3.05, 3.63) is 47.0 Å². The minimum Gasteiger partial charge on any atom is -0.309 e. The fourth-order valence-corrected chi connectivity index (χ4v) is 2.21. The molecule has 1 saturated heterocycles. The van der Waals surface area contributed by atoms with Gasteiger partial charge >= 0.3 is 0 Å². The van der Waals surface area contributed by atoms with Crippen molar-refractivity contribution in [3.63, 3.8) is 0 Å². The van der Waals surface area contributed by atoms with E-state index in [2.05, 4.69) is 25.2 Å². The van der Waals surface area contributed by atoms with Gasteiger partial charge in [-0.3, -0.25) is 0 Å². The predicted octanol–water partition coefficient (Wildman–Crippen LogP) is 3.06. The number of nitrogens with one attached hydrogen (secondary N) is 1. The number of hydrogen-bond donors (Lipinski definition) is 1. The molecule has 0 atom stereocenters. The zero-order valence-corrected chi connectivity index (χ0v) is 10.2. The minimum atomic E-state index is -0.506. The van der Waals surface area contributed by atoms with Crippen molar-refractivity contribution >= 4 is 0 Å². The molecule has 17 heavy (non-hydrogen) atoms. The molecule has 1 nitrogen and oxygen atoms in total. The second-order valence-electron chi connectivity index (χ2n) is 5.35. The van der Waals surface area contributed by atoms with Crippen LogP contribution >= 0.6 is 0 Å². The molecule has 1 aliphatic heterocycles. The molecule has 2 rings (SSSR count). The molecule has 0 aliphatic carbocycles. The molecule has 1 aromatic carbocycles. The van der Waals surface area contributed by atoms with E-state index < -0.39 is 11.6 Å². The molecule has 1 fully saturated rings. The van der Waals surface area contributed by atoms with Crippen LogP contribution in [0.1, 0.15) is 19.4 Å². The van der Waals surface area contributed by atoms with Crippen LogP contribution in [0.4, 0.5) is 8.78 Å². The van der Waals surface area contributed by atoms with Gasteiger partial charge in [0.15, 0.2) is 0 Å². The van der Waals surface area contributed by atoms with Crippen LogP contribution in [0.15, 0.2) is 29.8 Å². The highest BCUT2D eigenvalue weighted by Gasteiger charge is 2.19. The lowest BCUT2D eigenvalue weighted by Crippen LogP contribution is -2.35. The van der Waals surface area contributed by atoms with Gasteiger partial charge in [-0.15, -0.1) is 0 Å². The monoisotopic (exact) mass is 237 g/mol. The average Bonchev–Trinajstić information content (AvgIpc) is 2.09. The van der Waals surface area contributed by atoms with Gasteiger partial charge in [0, 0.05) is 19.2 Å². The van der Waals surface area contributed by atoms with E-state index in [0.717, 1.165) is 19.2 Å². The molecule has 1 aliphatic rings. The summed E-state index contributed by atoms with van der Waals surface area (Å²) in [6, 6.07) is 3.72. The first kappa shape index (κ1) is 12.2. The second kappa shape index (κ2) is 4.57. The van der Waals surface area contributed by atoms with E-state index in [4.69, 9.17) is 0 Å². The molecular formula is C14H17F2N. The first-order chi connectivity index (χ1) is 7.94. The maximum atomic E-state index is 13.1. The molecule has 1 N–H and O–H groups in total. The van der Waals surface area contributed by atoms with Crippen molar-refractivity contribution in [2.24, 2.45) is 5.41 Å². The Morgan fingerprint density at radius 2 is 1.76 bits per heavy atom. The van der Waals surface area contributed by atoms with Gasteiger partial charge in [-0.2, -0.15) is 0 Å². The van der Waals surface area contributed by atoms with Crippen LogP contribution in [0.25, 0.3) is 0 Å². The molecular weight excluding hydrogens is 220 g/mol. The van der Waals surface area contributed by atoms with Gasteiger partial charge in [-0.1, -0.05) is 19.9 Å². The summed E-state index contributed by atoms with van der Waals surface area (Å²) in [5.41, 5.74) is 2.00. The summed E-state index contributed by atoms with van der Waals surface area (Å²) in [5, 5.41) is 3.18. The third-order valence-corrected chi connectivity index (χ3v) is 2.88. The summed E-state index contributed by atoms with van der Waals surface area (Å²) < 4.78 is 26.2. The Bertz CT molecular complexity index is 423. The topological polar surface area (TPSA) is 12.0 Å². The molecule has 0 saturated carbocycles. The highest BCUT2D eigenvalue weighted by molar-refractivity contribution is 5.23. The Kier molecular flexibility index (Phi) is 3.29. The van der Waals surface area contributed by atoms with E-state index in [1.807, 2.05) is 0 Å². The molecule has 1 heterocycles. The number of allylic oxidation sites excluding steroid dienone is 1. The average molecular weight is 237 g/mol. The number of halogens is 2. The number of benzene rings is 1. The van der Waals surface area contributed by atoms with Crippen molar-refractivity contribution in [3.8, 4) is 0 Å². The maximum Gasteiger partial charge on any atom is 0.126 e. The van der Waals surface area contributed by atoms with E-state index in [1.165, 1.54) is 17.7 Å². The zero-order valence-electron chi connectivity index (χ0n) is 10.2. The fourth-order valence-electron chi connectivity index (χ4n) is 2.21. The van der Waals surface area contributed by atoms with E-state index in [0.29, 0.717) is 12.0 Å². The lowest BCUT2D eigenvalue weighted by molar-refractivity contribution is 0.461. The Labute approximate surface area is 101 Å². The SMILES string of the molecule is CC(C)(C=C1CNC1)Cc1cc(F)cc(F)c1. The quantitative estimate of drug-likeness (QED) is 0.797. The first-order valence-corrected chi connectivity index (χ1v) is 5.81. The summed E-state index contributed by atoms with van der Waals surface area (Å²) in [6.07, 6.45) is 2.84. The van der Waals surface area contributed by atoms with E-state index >= 15 is 0 Å². The van der Waals surface area contributed by atoms with Gasteiger partial charge in [0.1, 0.15) is 11.6 Å². The Balaban J connectivity index is 2.13. The fraction of sp³-hybridized carbons (Fsp3) is 0.429. The lowest BCUT2D eigenvalue weighted by atomic mass is 9.83. The number of hydrogen-bond acceptors (Lipinski definition) is 1. The molecule has 0 spiro atoms. The Morgan fingerprint density at radius 1 is 1.18 bits per heavy atom. The van der Waals surface area contributed by atoms with Crippen LogP contribution in [-0.4, -0.2) is 13.1 Å². The van der Waals surface area contributed by atoms with Crippen molar-refractivity contribution in [2.45, 2.75) is 20.3 Å². The Morgan fingerprint density at radius 3 is 2.24 bits per heavy atom. The van der Waals surface area contributed by atoms with Crippen molar-refractivity contribution < 1.29 is 8.78 Å². The normalized spacial score (nSPS) is 15.6. The first-order valence-electron chi connectivity index (χ1n) is 5.81. The molecule has 1 aromatic rings. The number of rotatable bonds is 3. The molecule has 0 radical (unpaired) electrons. The predicted molar refractivity (Wildman–Crippen MR) is 64.8 cm³/mol. The van der Waals surface area contributed by atoms with Crippen LogP contribution in [0.5, 0.6) is 0 Å².